The van der Waals surface area contributed by atoms with E-state index in [1.165, 1.54) is 4.31 Å². The molecule has 0 aromatic heterocycles. The van der Waals surface area contributed by atoms with Crippen LogP contribution in [-0.2, 0) is 19.6 Å². The summed E-state index contributed by atoms with van der Waals surface area (Å²) in [6, 6.07) is -1.20. The van der Waals surface area contributed by atoms with Gasteiger partial charge in [-0.25, -0.2) is 12.7 Å². The van der Waals surface area contributed by atoms with Gasteiger partial charge in [-0.05, 0) is 25.7 Å². The molecule has 0 bridgehead atoms. The van der Waals surface area contributed by atoms with Crippen molar-refractivity contribution in [2.24, 2.45) is 0 Å². The zero-order chi connectivity index (χ0) is 18.0. The van der Waals surface area contributed by atoms with Crippen LogP contribution in [0.4, 0.5) is 13.2 Å². The molecule has 2 aliphatic heterocycles. The Morgan fingerprint density at radius 3 is 2.29 bits per heavy atom. The topological polar surface area (TPSA) is 86.8 Å². The summed E-state index contributed by atoms with van der Waals surface area (Å²) in [5.41, 5.74) is 0. The fraction of sp³-hybridized carbons (Fsp3) is 0.846. The van der Waals surface area contributed by atoms with E-state index in [-0.39, 0.29) is 25.3 Å². The number of nitrogens with zero attached hydrogens (tertiary/aromatic N) is 2. The molecule has 0 radical (unpaired) electrons. The van der Waals surface area contributed by atoms with Crippen LogP contribution in [0.3, 0.4) is 0 Å². The first-order valence-electron chi connectivity index (χ1n) is 7.76. The first-order chi connectivity index (χ1) is 11.1. The maximum atomic E-state index is 12.5. The third-order valence-corrected chi connectivity index (χ3v) is 6.05. The molecule has 11 heteroatoms. The van der Waals surface area contributed by atoms with Crippen molar-refractivity contribution in [2.75, 3.05) is 31.9 Å². The molecule has 1 N–H and O–H groups in total. The van der Waals surface area contributed by atoms with Gasteiger partial charge in [-0.3, -0.25) is 9.59 Å². The third-order valence-electron chi connectivity index (χ3n) is 4.18. The second-order valence-electron chi connectivity index (χ2n) is 5.87. The number of sulfonamides is 1. The highest BCUT2D eigenvalue weighted by atomic mass is 32.2. The van der Waals surface area contributed by atoms with E-state index in [0.717, 1.165) is 12.8 Å². The largest absolute Gasteiger partial charge is 0.471 e. The summed E-state index contributed by atoms with van der Waals surface area (Å²) in [6.07, 6.45) is -3.01. The molecule has 2 fully saturated rings. The highest BCUT2D eigenvalue weighted by molar-refractivity contribution is 7.89. The van der Waals surface area contributed by atoms with E-state index in [4.69, 9.17) is 0 Å². The number of halogens is 3. The van der Waals surface area contributed by atoms with Crippen LogP contribution in [-0.4, -0.2) is 73.6 Å². The standard InChI is InChI=1S/C13H20F3N3O4S/c14-13(15,16)12(21)19-8-3-4-10(19)11(20)17-5-9-24(22,23)18-6-1-2-7-18/h10H,1-9H2,(H,17,20). The zero-order valence-corrected chi connectivity index (χ0v) is 13.8. The minimum absolute atomic E-state index is 0.131. The maximum absolute atomic E-state index is 12.5. The van der Waals surface area contributed by atoms with Crippen molar-refractivity contribution in [3.8, 4) is 0 Å². The quantitative estimate of drug-likeness (QED) is 0.742. The Labute approximate surface area is 138 Å². The summed E-state index contributed by atoms with van der Waals surface area (Å²) in [5.74, 6) is -3.09. The number of carbonyl (C=O) groups excluding carboxylic acids is 2. The summed E-state index contributed by atoms with van der Waals surface area (Å²) in [6.45, 7) is 0.574. The second-order valence-corrected chi connectivity index (χ2v) is 7.96. The number of hydrogen-bond acceptors (Lipinski definition) is 4. The molecule has 0 saturated carbocycles. The number of nitrogens with one attached hydrogen (secondary N) is 1. The summed E-state index contributed by atoms with van der Waals surface area (Å²) in [4.78, 5) is 23.8. The van der Waals surface area contributed by atoms with Gasteiger partial charge in [0.2, 0.25) is 15.9 Å². The van der Waals surface area contributed by atoms with Gasteiger partial charge in [0, 0.05) is 26.2 Å². The second kappa shape index (κ2) is 7.26. The first kappa shape index (κ1) is 19.0. The molecule has 2 heterocycles. The van der Waals surface area contributed by atoms with E-state index >= 15 is 0 Å². The molecule has 138 valence electrons. The van der Waals surface area contributed by atoms with Crippen LogP contribution in [0.15, 0.2) is 0 Å². The number of likely N-dealkylation sites (tertiary alicyclic amines) is 1. The molecule has 2 saturated heterocycles. The van der Waals surface area contributed by atoms with Crippen molar-refractivity contribution in [2.45, 2.75) is 37.9 Å². The number of hydrogen-bond donors (Lipinski definition) is 1. The summed E-state index contributed by atoms with van der Waals surface area (Å²) < 4.78 is 62.9. The average molecular weight is 371 g/mol. The Balaban J connectivity index is 1.86. The number of amides is 2. The van der Waals surface area contributed by atoms with Crippen LogP contribution in [0.25, 0.3) is 0 Å². The van der Waals surface area contributed by atoms with Gasteiger partial charge in [0.05, 0.1) is 5.75 Å². The van der Waals surface area contributed by atoms with Gasteiger partial charge in [-0.1, -0.05) is 0 Å². The van der Waals surface area contributed by atoms with E-state index < -0.39 is 34.1 Å². The lowest BCUT2D eigenvalue weighted by Gasteiger charge is -2.24. The minimum Gasteiger partial charge on any atom is -0.353 e. The van der Waals surface area contributed by atoms with Crippen molar-refractivity contribution in [3.63, 3.8) is 0 Å². The number of rotatable bonds is 5. The Bertz CT molecular complexity index is 588. The maximum Gasteiger partial charge on any atom is 0.471 e. The molecule has 24 heavy (non-hydrogen) atoms. The third kappa shape index (κ3) is 4.38. The Morgan fingerprint density at radius 1 is 1.08 bits per heavy atom. The molecule has 0 spiro atoms. The van der Waals surface area contributed by atoms with E-state index in [0.29, 0.717) is 24.4 Å². The minimum atomic E-state index is -5.03. The zero-order valence-electron chi connectivity index (χ0n) is 13.0. The summed E-state index contributed by atoms with van der Waals surface area (Å²) in [7, 11) is -3.47. The number of alkyl halides is 3. The molecule has 0 aromatic rings. The van der Waals surface area contributed by atoms with Gasteiger partial charge in [-0.15, -0.1) is 0 Å². The van der Waals surface area contributed by atoms with Crippen molar-refractivity contribution in [3.05, 3.63) is 0 Å². The molecule has 2 rings (SSSR count). The van der Waals surface area contributed by atoms with Gasteiger partial charge in [0.15, 0.2) is 0 Å². The molecule has 2 aliphatic rings. The Morgan fingerprint density at radius 2 is 1.71 bits per heavy atom. The highest BCUT2D eigenvalue weighted by Crippen LogP contribution is 2.25. The highest BCUT2D eigenvalue weighted by Gasteiger charge is 2.47. The van der Waals surface area contributed by atoms with Crippen LogP contribution in [0.2, 0.25) is 0 Å². The molecular weight excluding hydrogens is 351 g/mol. The first-order valence-corrected chi connectivity index (χ1v) is 9.37. The van der Waals surface area contributed by atoms with Crippen molar-refractivity contribution < 1.29 is 31.2 Å². The molecular formula is C13H20F3N3O4S. The molecule has 1 atom stereocenters. The smallest absolute Gasteiger partial charge is 0.353 e. The van der Waals surface area contributed by atoms with Gasteiger partial charge in [0.1, 0.15) is 6.04 Å². The van der Waals surface area contributed by atoms with E-state index in [1.807, 2.05) is 0 Å². The molecule has 0 aromatic carbocycles. The van der Waals surface area contributed by atoms with Crippen LogP contribution in [0, 0.1) is 0 Å². The van der Waals surface area contributed by atoms with Crippen LogP contribution in [0.5, 0.6) is 0 Å². The van der Waals surface area contributed by atoms with Crippen LogP contribution < -0.4 is 5.32 Å². The normalized spacial score (nSPS) is 22.8. The van der Waals surface area contributed by atoms with E-state index in [1.54, 1.807) is 0 Å². The van der Waals surface area contributed by atoms with Crippen LogP contribution >= 0.6 is 0 Å². The fourth-order valence-electron chi connectivity index (χ4n) is 2.96. The predicted molar refractivity (Wildman–Crippen MR) is 78.4 cm³/mol. The van der Waals surface area contributed by atoms with Crippen molar-refractivity contribution in [1.82, 2.24) is 14.5 Å². The van der Waals surface area contributed by atoms with Crippen molar-refractivity contribution >= 4 is 21.8 Å². The van der Waals surface area contributed by atoms with Gasteiger partial charge < -0.3 is 10.2 Å². The van der Waals surface area contributed by atoms with Gasteiger partial charge >= 0.3 is 12.1 Å². The molecule has 0 aliphatic carbocycles. The summed E-state index contributed by atoms with van der Waals surface area (Å²) in [5, 5.41) is 2.33. The predicted octanol–water partition coefficient (Wildman–Crippen LogP) is 0.0815. The number of carbonyl (C=O) groups is 2. The Hall–Kier alpha value is -1.36. The molecule has 7 nitrogen and oxygen atoms in total. The fourth-order valence-corrected chi connectivity index (χ4v) is 4.39. The Kier molecular flexibility index (Phi) is 5.74. The summed E-state index contributed by atoms with van der Waals surface area (Å²) >= 11 is 0. The van der Waals surface area contributed by atoms with Gasteiger partial charge in [-0.2, -0.15) is 13.2 Å². The van der Waals surface area contributed by atoms with Gasteiger partial charge in [0.25, 0.3) is 0 Å². The monoisotopic (exact) mass is 371 g/mol. The molecule has 2 amide bonds. The lowest BCUT2D eigenvalue weighted by atomic mass is 10.2. The molecule has 1 unspecified atom stereocenters. The lowest BCUT2D eigenvalue weighted by Crippen LogP contribution is -2.50. The average Bonchev–Trinajstić information content (AvgIpc) is 3.16. The van der Waals surface area contributed by atoms with Crippen LogP contribution in [0.1, 0.15) is 25.7 Å². The lowest BCUT2D eigenvalue weighted by molar-refractivity contribution is -0.186. The van der Waals surface area contributed by atoms with E-state index in [9.17, 15) is 31.2 Å². The van der Waals surface area contributed by atoms with E-state index in [2.05, 4.69) is 5.32 Å². The van der Waals surface area contributed by atoms with Crippen molar-refractivity contribution in [1.29, 1.82) is 0 Å². The SMILES string of the molecule is O=C(NCCS(=O)(=O)N1CCCC1)C1CCCN1C(=O)C(F)(F)F.